The Labute approximate surface area is 132 Å². The van der Waals surface area contributed by atoms with E-state index in [-0.39, 0.29) is 0 Å². The smallest absolute Gasteiger partial charge is 0.0729 e. The molecule has 1 aromatic heterocycles. The van der Waals surface area contributed by atoms with Crippen LogP contribution >= 0.6 is 15.9 Å². The van der Waals surface area contributed by atoms with Gasteiger partial charge in [-0.25, -0.2) is 0 Å². The van der Waals surface area contributed by atoms with Crippen molar-refractivity contribution in [3.63, 3.8) is 0 Å². The van der Waals surface area contributed by atoms with E-state index in [0.29, 0.717) is 0 Å². The van der Waals surface area contributed by atoms with E-state index < -0.39 is 0 Å². The summed E-state index contributed by atoms with van der Waals surface area (Å²) in [6, 6.07) is 18.6. The quantitative estimate of drug-likeness (QED) is 0.749. The maximum absolute atomic E-state index is 4.39. The van der Waals surface area contributed by atoms with Gasteiger partial charge in [-0.05, 0) is 23.3 Å². The minimum atomic E-state index is 0.788. The molecule has 0 fully saturated rings. The van der Waals surface area contributed by atoms with Crippen LogP contribution in [0.5, 0.6) is 0 Å². The first-order valence-corrected chi connectivity index (χ1v) is 7.63. The molecule has 0 atom stereocenters. The van der Waals surface area contributed by atoms with Crippen molar-refractivity contribution in [1.82, 2.24) is 9.78 Å². The summed E-state index contributed by atoms with van der Waals surface area (Å²) in [6.45, 7) is 1.58. The molecule has 0 spiro atoms. The molecule has 0 amide bonds. The van der Waals surface area contributed by atoms with Crippen LogP contribution < -0.4 is 5.32 Å². The van der Waals surface area contributed by atoms with E-state index in [9.17, 15) is 0 Å². The second-order valence-corrected chi connectivity index (χ2v) is 5.81. The molecule has 0 aliphatic rings. The van der Waals surface area contributed by atoms with Crippen molar-refractivity contribution in [1.29, 1.82) is 0 Å². The van der Waals surface area contributed by atoms with Crippen LogP contribution in [0.15, 0.2) is 71.5 Å². The summed E-state index contributed by atoms with van der Waals surface area (Å²) < 4.78 is 3.04. The molecule has 3 nitrogen and oxygen atoms in total. The first-order chi connectivity index (χ1) is 10.3. The van der Waals surface area contributed by atoms with Crippen LogP contribution in [0.2, 0.25) is 0 Å². The Kier molecular flexibility index (Phi) is 4.36. The largest absolute Gasteiger partial charge is 0.378 e. The second-order valence-electron chi connectivity index (χ2n) is 4.90. The highest BCUT2D eigenvalue weighted by Gasteiger charge is 2.00. The number of benzene rings is 2. The van der Waals surface area contributed by atoms with E-state index in [0.717, 1.165) is 23.2 Å². The van der Waals surface area contributed by atoms with E-state index in [1.54, 1.807) is 0 Å². The maximum Gasteiger partial charge on any atom is 0.0729 e. The molecule has 3 aromatic rings. The molecule has 3 rings (SSSR count). The second kappa shape index (κ2) is 6.59. The third-order valence-electron chi connectivity index (χ3n) is 3.21. The van der Waals surface area contributed by atoms with Crippen LogP contribution in [-0.4, -0.2) is 9.78 Å². The van der Waals surface area contributed by atoms with Gasteiger partial charge in [0.1, 0.15) is 0 Å². The van der Waals surface area contributed by atoms with Gasteiger partial charge >= 0.3 is 0 Å². The SMILES string of the molecule is Brc1cccc(CNc2cnn(Cc3ccccc3)c2)c1. The Bertz CT molecular complexity index is 707. The topological polar surface area (TPSA) is 29.9 Å². The Morgan fingerprint density at radius 3 is 2.62 bits per heavy atom. The molecule has 0 radical (unpaired) electrons. The molecule has 2 aromatic carbocycles. The van der Waals surface area contributed by atoms with Gasteiger partial charge in [-0.2, -0.15) is 5.10 Å². The molecule has 21 heavy (non-hydrogen) atoms. The van der Waals surface area contributed by atoms with Crippen molar-refractivity contribution < 1.29 is 0 Å². The molecule has 106 valence electrons. The van der Waals surface area contributed by atoms with Gasteiger partial charge in [0.05, 0.1) is 18.4 Å². The lowest BCUT2D eigenvalue weighted by Crippen LogP contribution is -2.00. The fraction of sp³-hybridized carbons (Fsp3) is 0.118. The predicted molar refractivity (Wildman–Crippen MR) is 89.2 cm³/mol. The molecular weight excluding hydrogens is 326 g/mol. The van der Waals surface area contributed by atoms with E-state index in [2.05, 4.69) is 50.6 Å². The number of hydrogen-bond acceptors (Lipinski definition) is 2. The van der Waals surface area contributed by atoms with E-state index in [1.165, 1.54) is 11.1 Å². The highest BCUT2D eigenvalue weighted by atomic mass is 79.9. The van der Waals surface area contributed by atoms with Gasteiger partial charge in [0, 0.05) is 17.2 Å². The molecular formula is C17H16BrN3. The van der Waals surface area contributed by atoms with Crippen molar-refractivity contribution in [2.45, 2.75) is 13.1 Å². The van der Waals surface area contributed by atoms with Gasteiger partial charge in [0.2, 0.25) is 0 Å². The molecule has 1 heterocycles. The summed E-state index contributed by atoms with van der Waals surface area (Å²) in [6.07, 6.45) is 3.89. The maximum atomic E-state index is 4.39. The van der Waals surface area contributed by atoms with Crippen LogP contribution in [0.3, 0.4) is 0 Å². The van der Waals surface area contributed by atoms with Crippen LogP contribution in [0, 0.1) is 0 Å². The average Bonchev–Trinajstić information content (AvgIpc) is 2.94. The van der Waals surface area contributed by atoms with Crippen LogP contribution in [0.4, 0.5) is 5.69 Å². The first-order valence-electron chi connectivity index (χ1n) is 6.84. The highest BCUT2D eigenvalue weighted by Crippen LogP contribution is 2.14. The lowest BCUT2D eigenvalue weighted by molar-refractivity contribution is 0.687. The van der Waals surface area contributed by atoms with Crippen molar-refractivity contribution in [3.05, 3.63) is 82.6 Å². The zero-order valence-corrected chi connectivity index (χ0v) is 13.1. The van der Waals surface area contributed by atoms with E-state index in [1.807, 2.05) is 47.4 Å². The minimum Gasteiger partial charge on any atom is -0.378 e. The van der Waals surface area contributed by atoms with Crippen LogP contribution in [-0.2, 0) is 13.1 Å². The summed E-state index contributed by atoms with van der Waals surface area (Å²) in [5.41, 5.74) is 3.52. The van der Waals surface area contributed by atoms with Crippen LogP contribution in [0.25, 0.3) is 0 Å². The molecule has 0 unspecified atom stereocenters. The van der Waals surface area contributed by atoms with Gasteiger partial charge in [-0.15, -0.1) is 0 Å². The molecule has 0 saturated carbocycles. The zero-order valence-electron chi connectivity index (χ0n) is 11.5. The normalized spacial score (nSPS) is 10.5. The number of hydrogen-bond donors (Lipinski definition) is 1. The number of nitrogens with one attached hydrogen (secondary N) is 1. The van der Waals surface area contributed by atoms with Gasteiger partial charge in [-0.3, -0.25) is 4.68 Å². The molecule has 0 aliphatic carbocycles. The van der Waals surface area contributed by atoms with Crippen molar-refractivity contribution in [3.8, 4) is 0 Å². The molecule has 1 N–H and O–H groups in total. The lowest BCUT2D eigenvalue weighted by Gasteiger charge is -2.04. The standard InChI is InChI=1S/C17H16BrN3/c18-16-8-4-7-15(9-16)10-19-17-11-20-21(13-17)12-14-5-2-1-3-6-14/h1-9,11,13,19H,10,12H2. The van der Waals surface area contributed by atoms with Crippen molar-refractivity contribution in [2.75, 3.05) is 5.32 Å². The number of anilines is 1. The Morgan fingerprint density at radius 2 is 1.81 bits per heavy atom. The van der Waals surface area contributed by atoms with Gasteiger partial charge in [-0.1, -0.05) is 58.4 Å². The monoisotopic (exact) mass is 341 g/mol. The Balaban J connectivity index is 1.60. The predicted octanol–water partition coefficient (Wildman–Crippen LogP) is 4.31. The number of halogens is 1. The lowest BCUT2D eigenvalue weighted by atomic mass is 10.2. The van der Waals surface area contributed by atoms with Gasteiger partial charge in [0.25, 0.3) is 0 Å². The number of rotatable bonds is 5. The van der Waals surface area contributed by atoms with Gasteiger partial charge < -0.3 is 5.32 Å². The Morgan fingerprint density at radius 1 is 1.00 bits per heavy atom. The fourth-order valence-electron chi connectivity index (χ4n) is 2.16. The number of aromatic nitrogens is 2. The summed E-state index contributed by atoms with van der Waals surface area (Å²) in [4.78, 5) is 0. The van der Waals surface area contributed by atoms with E-state index in [4.69, 9.17) is 0 Å². The third-order valence-corrected chi connectivity index (χ3v) is 3.70. The summed E-state index contributed by atoms with van der Waals surface area (Å²) in [7, 11) is 0. The first kappa shape index (κ1) is 13.9. The molecule has 0 bridgehead atoms. The van der Waals surface area contributed by atoms with Crippen molar-refractivity contribution >= 4 is 21.6 Å². The zero-order chi connectivity index (χ0) is 14.5. The summed E-state index contributed by atoms with van der Waals surface area (Å²) >= 11 is 3.49. The third kappa shape index (κ3) is 3.95. The average molecular weight is 342 g/mol. The number of nitrogens with zero attached hydrogens (tertiary/aromatic N) is 2. The summed E-state index contributed by atoms with van der Waals surface area (Å²) in [5.74, 6) is 0. The minimum absolute atomic E-state index is 0.788. The van der Waals surface area contributed by atoms with Gasteiger partial charge in [0.15, 0.2) is 0 Å². The van der Waals surface area contributed by atoms with E-state index >= 15 is 0 Å². The fourth-order valence-corrected chi connectivity index (χ4v) is 2.61. The summed E-state index contributed by atoms with van der Waals surface area (Å²) in [5, 5.41) is 7.78. The highest BCUT2D eigenvalue weighted by molar-refractivity contribution is 9.10. The molecule has 4 heteroatoms. The molecule has 0 aliphatic heterocycles. The van der Waals surface area contributed by atoms with Crippen molar-refractivity contribution in [2.24, 2.45) is 0 Å². The molecule has 0 saturated heterocycles. The van der Waals surface area contributed by atoms with Crippen LogP contribution in [0.1, 0.15) is 11.1 Å². The Hall–Kier alpha value is -2.07.